The van der Waals surface area contributed by atoms with E-state index in [0.29, 0.717) is 11.1 Å². The van der Waals surface area contributed by atoms with Gasteiger partial charge in [0.2, 0.25) is 5.78 Å². The predicted octanol–water partition coefficient (Wildman–Crippen LogP) is 4.07. The number of nitro groups is 1. The molecule has 0 N–H and O–H groups in total. The van der Waals surface area contributed by atoms with Crippen LogP contribution in [0.4, 0.5) is 14.5 Å². The van der Waals surface area contributed by atoms with Gasteiger partial charge in [0, 0.05) is 6.07 Å². The summed E-state index contributed by atoms with van der Waals surface area (Å²) in [4.78, 5) is 22.7. The lowest BCUT2D eigenvalue weighted by Crippen LogP contribution is -2.15. The average molecular weight is 351 g/mol. The fraction of sp³-hybridized carbons (Fsp3) is 0.235. The van der Waals surface area contributed by atoms with Gasteiger partial charge < -0.3 is 9.47 Å². The molecular formula is C17H15F2NO5. The number of nitrogens with zero attached hydrogens (tertiary/aromatic N) is 1. The highest BCUT2D eigenvalue weighted by Crippen LogP contribution is 2.28. The Hall–Kier alpha value is -3.03. The molecule has 0 atom stereocenters. The molecule has 0 heterocycles. The lowest BCUT2D eigenvalue weighted by atomic mass is 10.1. The van der Waals surface area contributed by atoms with Crippen molar-refractivity contribution in [2.45, 2.75) is 20.5 Å². The van der Waals surface area contributed by atoms with Crippen LogP contribution in [0.2, 0.25) is 0 Å². The van der Waals surface area contributed by atoms with Crippen molar-refractivity contribution in [3.8, 4) is 11.5 Å². The standard InChI is InChI=1S/C17H15F2NO5/c1-10-4-6-15(25-17(18)19)12(7-10)14(21)9-24-16-8-11(2)3-5-13(16)20(22)23/h3-8,17H,9H2,1-2H3. The Morgan fingerprint density at radius 3 is 2.40 bits per heavy atom. The Morgan fingerprint density at radius 1 is 1.12 bits per heavy atom. The highest BCUT2D eigenvalue weighted by atomic mass is 19.3. The Balaban J connectivity index is 2.23. The molecule has 2 rings (SSSR count). The molecule has 0 aromatic heterocycles. The van der Waals surface area contributed by atoms with Crippen molar-refractivity contribution >= 4 is 11.5 Å². The van der Waals surface area contributed by atoms with Crippen LogP contribution in [0, 0.1) is 24.0 Å². The van der Waals surface area contributed by atoms with Gasteiger partial charge in [0.25, 0.3) is 0 Å². The van der Waals surface area contributed by atoms with Crippen molar-refractivity contribution in [3.63, 3.8) is 0 Å². The van der Waals surface area contributed by atoms with Crippen LogP contribution in [-0.4, -0.2) is 23.9 Å². The molecule has 0 radical (unpaired) electrons. The van der Waals surface area contributed by atoms with E-state index < -0.39 is 23.9 Å². The zero-order valence-corrected chi connectivity index (χ0v) is 13.5. The molecule has 132 valence electrons. The van der Waals surface area contributed by atoms with Gasteiger partial charge in [-0.25, -0.2) is 0 Å². The molecule has 0 aliphatic carbocycles. The number of carbonyl (C=O) groups is 1. The highest BCUT2D eigenvalue weighted by molar-refractivity contribution is 6.00. The largest absolute Gasteiger partial charge is 0.478 e. The zero-order chi connectivity index (χ0) is 18.6. The summed E-state index contributed by atoms with van der Waals surface area (Å²) in [5.74, 6) is -0.967. The minimum atomic E-state index is -3.08. The zero-order valence-electron chi connectivity index (χ0n) is 13.5. The van der Waals surface area contributed by atoms with Crippen LogP contribution in [0.1, 0.15) is 21.5 Å². The second-order valence-corrected chi connectivity index (χ2v) is 5.32. The van der Waals surface area contributed by atoms with Gasteiger partial charge in [-0.15, -0.1) is 0 Å². The van der Waals surface area contributed by atoms with Gasteiger partial charge >= 0.3 is 12.3 Å². The second kappa shape index (κ2) is 7.69. The summed E-state index contributed by atoms with van der Waals surface area (Å²) in [5, 5.41) is 11.0. The third kappa shape index (κ3) is 4.72. The molecule has 0 unspecified atom stereocenters. The summed E-state index contributed by atoms with van der Waals surface area (Å²) in [5.41, 5.74) is 1.03. The van der Waals surface area contributed by atoms with Crippen molar-refractivity contribution in [1.29, 1.82) is 0 Å². The van der Waals surface area contributed by atoms with Gasteiger partial charge in [0.1, 0.15) is 5.75 Å². The average Bonchev–Trinajstić information content (AvgIpc) is 2.53. The summed E-state index contributed by atoms with van der Waals surface area (Å²) in [6.07, 6.45) is 0. The summed E-state index contributed by atoms with van der Waals surface area (Å²) in [6, 6.07) is 8.44. The van der Waals surface area contributed by atoms with E-state index in [1.54, 1.807) is 19.9 Å². The fourth-order valence-corrected chi connectivity index (χ4v) is 2.17. The third-order valence-electron chi connectivity index (χ3n) is 3.32. The Bertz CT molecular complexity index is 808. The van der Waals surface area contributed by atoms with Gasteiger partial charge in [0.05, 0.1) is 10.5 Å². The first-order valence-corrected chi connectivity index (χ1v) is 7.24. The number of rotatable bonds is 7. The number of alkyl halides is 2. The summed E-state index contributed by atoms with van der Waals surface area (Å²) < 4.78 is 34.5. The van der Waals surface area contributed by atoms with E-state index in [2.05, 4.69) is 4.74 Å². The molecule has 0 amide bonds. The Labute approximate surface area is 142 Å². The lowest BCUT2D eigenvalue weighted by Gasteiger charge is -2.12. The molecule has 0 bridgehead atoms. The van der Waals surface area contributed by atoms with Crippen LogP contribution >= 0.6 is 0 Å². The molecule has 2 aromatic carbocycles. The van der Waals surface area contributed by atoms with Gasteiger partial charge in [-0.2, -0.15) is 8.78 Å². The molecule has 25 heavy (non-hydrogen) atoms. The number of aryl methyl sites for hydroxylation is 2. The van der Waals surface area contributed by atoms with Crippen molar-refractivity contribution in [2.75, 3.05) is 6.61 Å². The van der Waals surface area contributed by atoms with E-state index >= 15 is 0 Å². The number of nitro benzene ring substituents is 1. The van der Waals surface area contributed by atoms with E-state index in [1.165, 1.54) is 30.3 Å². The lowest BCUT2D eigenvalue weighted by molar-refractivity contribution is -0.385. The fourth-order valence-electron chi connectivity index (χ4n) is 2.17. The molecule has 8 heteroatoms. The third-order valence-corrected chi connectivity index (χ3v) is 3.32. The number of carbonyl (C=O) groups excluding carboxylic acids is 1. The quantitative estimate of drug-likeness (QED) is 0.427. The molecule has 0 aliphatic rings. The number of Topliss-reactive ketones (excluding diaryl/α,β-unsaturated/α-hetero) is 1. The van der Waals surface area contributed by atoms with E-state index in [-0.39, 0.29) is 22.7 Å². The summed E-state index contributed by atoms with van der Waals surface area (Å²) in [6.45, 7) is -0.219. The van der Waals surface area contributed by atoms with Gasteiger partial charge in [-0.3, -0.25) is 14.9 Å². The van der Waals surface area contributed by atoms with E-state index in [9.17, 15) is 23.7 Å². The van der Waals surface area contributed by atoms with Crippen LogP contribution in [0.5, 0.6) is 11.5 Å². The van der Waals surface area contributed by atoms with Crippen molar-refractivity contribution in [3.05, 3.63) is 63.2 Å². The Kier molecular flexibility index (Phi) is 5.63. The van der Waals surface area contributed by atoms with Crippen LogP contribution in [0.3, 0.4) is 0 Å². The highest BCUT2D eigenvalue weighted by Gasteiger charge is 2.20. The van der Waals surface area contributed by atoms with E-state index in [1.807, 2.05) is 0 Å². The predicted molar refractivity (Wildman–Crippen MR) is 85.5 cm³/mol. The maximum absolute atomic E-state index is 12.5. The number of halogens is 2. The summed E-state index contributed by atoms with van der Waals surface area (Å²) in [7, 11) is 0. The van der Waals surface area contributed by atoms with Crippen LogP contribution in [0.15, 0.2) is 36.4 Å². The van der Waals surface area contributed by atoms with Gasteiger partial charge in [0.15, 0.2) is 12.4 Å². The smallest absolute Gasteiger partial charge is 0.387 e. The molecular weight excluding hydrogens is 336 g/mol. The minimum absolute atomic E-state index is 0.0673. The number of hydrogen-bond acceptors (Lipinski definition) is 5. The van der Waals surface area contributed by atoms with Crippen LogP contribution < -0.4 is 9.47 Å². The molecule has 0 saturated heterocycles. The second-order valence-electron chi connectivity index (χ2n) is 5.32. The Morgan fingerprint density at radius 2 is 1.76 bits per heavy atom. The first kappa shape index (κ1) is 18.3. The van der Waals surface area contributed by atoms with Crippen LogP contribution in [-0.2, 0) is 0 Å². The van der Waals surface area contributed by atoms with E-state index in [0.717, 1.165) is 0 Å². The molecule has 0 spiro atoms. The normalized spacial score (nSPS) is 10.6. The molecule has 2 aromatic rings. The van der Waals surface area contributed by atoms with Crippen molar-refractivity contribution in [1.82, 2.24) is 0 Å². The number of ether oxygens (including phenoxy) is 2. The molecule has 0 fully saturated rings. The van der Waals surface area contributed by atoms with Crippen molar-refractivity contribution in [2.24, 2.45) is 0 Å². The van der Waals surface area contributed by atoms with Gasteiger partial charge in [-0.1, -0.05) is 17.7 Å². The monoisotopic (exact) mass is 351 g/mol. The minimum Gasteiger partial charge on any atom is -0.478 e. The number of hydrogen-bond donors (Lipinski definition) is 0. The van der Waals surface area contributed by atoms with Crippen molar-refractivity contribution < 1.29 is 28.0 Å². The molecule has 6 nitrogen and oxygen atoms in total. The SMILES string of the molecule is Cc1ccc([N+](=O)[O-])c(OCC(=O)c2cc(C)ccc2OC(F)F)c1. The maximum Gasteiger partial charge on any atom is 0.387 e. The van der Waals surface area contributed by atoms with Crippen LogP contribution in [0.25, 0.3) is 0 Å². The maximum atomic E-state index is 12.5. The number of ketones is 1. The first-order chi connectivity index (χ1) is 11.8. The molecule has 0 aliphatic heterocycles. The number of benzene rings is 2. The first-order valence-electron chi connectivity index (χ1n) is 7.24. The topological polar surface area (TPSA) is 78.7 Å². The van der Waals surface area contributed by atoms with E-state index in [4.69, 9.17) is 4.74 Å². The summed E-state index contributed by atoms with van der Waals surface area (Å²) >= 11 is 0. The van der Waals surface area contributed by atoms with Gasteiger partial charge in [-0.05, 0) is 37.6 Å². The molecule has 0 saturated carbocycles.